The zero-order chi connectivity index (χ0) is 13.0. The van der Waals surface area contributed by atoms with E-state index in [-0.39, 0.29) is 0 Å². The van der Waals surface area contributed by atoms with Crippen molar-refractivity contribution in [2.45, 2.75) is 39.8 Å². The molecule has 0 fully saturated rings. The van der Waals surface area contributed by atoms with Crippen molar-refractivity contribution in [1.29, 1.82) is 0 Å². The summed E-state index contributed by atoms with van der Waals surface area (Å²) in [4.78, 5) is 14.6. The number of hydrogen-bond donors (Lipinski definition) is 1. The number of aromatic carboxylic acids is 1. The van der Waals surface area contributed by atoms with Crippen LogP contribution in [0.15, 0.2) is 12.1 Å². The zero-order valence-electron chi connectivity index (χ0n) is 10.9. The summed E-state index contributed by atoms with van der Waals surface area (Å²) in [7, 11) is 2.09. The SMILES string of the molecule is CC(C)CC(C)N(C)Cc1ccc(C(=O)O)s1. The van der Waals surface area contributed by atoms with Gasteiger partial charge in [-0.3, -0.25) is 4.90 Å². The second kappa shape index (κ2) is 6.17. The van der Waals surface area contributed by atoms with Crippen molar-refractivity contribution in [2.75, 3.05) is 7.05 Å². The highest BCUT2D eigenvalue weighted by Gasteiger charge is 2.13. The summed E-state index contributed by atoms with van der Waals surface area (Å²) in [6.07, 6.45) is 1.16. The third-order valence-corrected chi connectivity index (χ3v) is 3.90. The van der Waals surface area contributed by atoms with Gasteiger partial charge in [0.2, 0.25) is 0 Å². The van der Waals surface area contributed by atoms with Crippen molar-refractivity contribution in [2.24, 2.45) is 5.92 Å². The Labute approximate surface area is 107 Å². The number of nitrogens with zero attached hydrogens (tertiary/aromatic N) is 1. The third kappa shape index (κ3) is 4.48. The normalized spacial score (nSPS) is 13.3. The van der Waals surface area contributed by atoms with Crippen molar-refractivity contribution in [3.8, 4) is 0 Å². The number of carboxylic acids is 1. The molecule has 4 heteroatoms. The quantitative estimate of drug-likeness (QED) is 0.847. The van der Waals surface area contributed by atoms with E-state index in [0.29, 0.717) is 16.8 Å². The Hall–Kier alpha value is -0.870. The molecule has 1 heterocycles. The van der Waals surface area contributed by atoms with Gasteiger partial charge in [0, 0.05) is 17.5 Å². The van der Waals surface area contributed by atoms with Crippen molar-refractivity contribution < 1.29 is 9.90 Å². The maximum absolute atomic E-state index is 10.8. The maximum Gasteiger partial charge on any atom is 0.345 e. The Bertz CT molecular complexity index is 373. The largest absolute Gasteiger partial charge is 0.477 e. The summed E-state index contributed by atoms with van der Waals surface area (Å²) >= 11 is 1.36. The predicted molar refractivity (Wildman–Crippen MR) is 71.7 cm³/mol. The highest BCUT2D eigenvalue weighted by Crippen LogP contribution is 2.20. The second-order valence-corrected chi connectivity index (χ2v) is 6.13. The Morgan fingerprint density at radius 1 is 1.41 bits per heavy atom. The molecule has 1 unspecified atom stereocenters. The molecule has 1 atom stereocenters. The predicted octanol–water partition coefficient (Wildman–Crippen LogP) is 3.31. The summed E-state index contributed by atoms with van der Waals surface area (Å²) in [5.74, 6) is -0.149. The van der Waals surface area contributed by atoms with Gasteiger partial charge in [-0.05, 0) is 38.4 Å². The molecule has 17 heavy (non-hydrogen) atoms. The van der Waals surface area contributed by atoms with Crippen LogP contribution >= 0.6 is 11.3 Å². The van der Waals surface area contributed by atoms with Crippen LogP contribution in [-0.4, -0.2) is 29.1 Å². The smallest absolute Gasteiger partial charge is 0.345 e. The molecule has 3 nitrogen and oxygen atoms in total. The zero-order valence-corrected chi connectivity index (χ0v) is 11.8. The van der Waals surface area contributed by atoms with E-state index in [0.717, 1.165) is 17.8 Å². The van der Waals surface area contributed by atoms with E-state index in [1.165, 1.54) is 11.3 Å². The lowest BCUT2D eigenvalue weighted by Gasteiger charge is -2.25. The van der Waals surface area contributed by atoms with Crippen LogP contribution in [0, 0.1) is 5.92 Å². The van der Waals surface area contributed by atoms with E-state index in [1.54, 1.807) is 6.07 Å². The molecule has 1 aromatic heterocycles. The van der Waals surface area contributed by atoms with Gasteiger partial charge in [-0.15, -0.1) is 11.3 Å². The van der Waals surface area contributed by atoms with Crippen LogP contribution in [0.2, 0.25) is 0 Å². The van der Waals surface area contributed by atoms with Crippen LogP contribution < -0.4 is 0 Å². The minimum Gasteiger partial charge on any atom is -0.477 e. The second-order valence-electron chi connectivity index (χ2n) is 4.96. The molecular weight excluding hydrogens is 234 g/mol. The monoisotopic (exact) mass is 255 g/mol. The Morgan fingerprint density at radius 2 is 2.06 bits per heavy atom. The maximum atomic E-state index is 10.8. The molecule has 96 valence electrons. The summed E-state index contributed by atoms with van der Waals surface area (Å²) in [5, 5.41) is 8.86. The number of carboxylic acid groups (broad SMARTS) is 1. The first-order chi connectivity index (χ1) is 7.90. The third-order valence-electron chi connectivity index (χ3n) is 2.84. The molecule has 0 aliphatic rings. The minimum absolute atomic E-state index is 0.421. The molecule has 0 aromatic carbocycles. The molecule has 0 amide bonds. The molecule has 0 saturated carbocycles. The first-order valence-corrected chi connectivity index (χ1v) is 6.74. The van der Waals surface area contributed by atoms with Crippen LogP contribution in [0.1, 0.15) is 41.7 Å². The lowest BCUT2D eigenvalue weighted by molar-refractivity contribution is 0.0702. The summed E-state index contributed by atoms with van der Waals surface area (Å²) in [6.45, 7) is 7.48. The molecule has 0 saturated heterocycles. The lowest BCUT2D eigenvalue weighted by Crippen LogP contribution is -2.29. The highest BCUT2D eigenvalue weighted by atomic mass is 32.1. The van der Waals surface area contributed by atoms with Crippen LogP contribution in [-0.2, 0) is 6.54 Å². The van der Waals surface area contributed by atoms with Crippen LogP contribution in [0.4, 0.5) is 0 Å². The molecule has 1 N–H and O–H groups in total. The van der Waals surface area contributed by atoms with Crippen molar-refractivity contribution in [3.05, 3.63) is 21.9 Å². The van der Waals surface area contributed by atoms with E-state index in [1.807, 2.05) is 6.07 Å². The molecule has 1 rings (SSSR count). The summed E-state index contributed by atoms with van der Waals surface area (Å²) in [6, 6.07) is 4.11. The van der Waals surface area contributed by atoms with E-state index in [4.69, 9.17) is 5.11 Å². The van der Waals surface area contributed by atoms with Crippen LogP contribution in [0.3, 0.4) is 0 Å². The van der Waals surface area contributed by atoms with Crippen LogP contribution in [0.25, 0.3) is 0 Å². The van der Waals surface area contributed by atoms with Gasteiger partial charge in [-0.1, -0.05) is 13.8 Å². The fraction of sp³-hybridized carbons (Fsp3) is 0.615. The van der Waals surface area contributed by atoms with E-state index >= 15 is 0 Å². The van der Waals surface area contributed by atoms with Crippen LogP contribution in [0.5, 0.6) is 0 Å². The number of hydrogen-bond acceptors (Lipinski definition) is 3. The van der Waals surface area contributed by atoms with Crippen molar-refractivity contribution >= 4 is 17.3 Å². The Balaban J connectivity index is 2.55. The van der Waals surface area contributed by atoms with Gasteiger partial charge >= 0.3 is 5.97 Å². The number of thiophene rings is 1. The van der Waals surface area contributed by atoms with Gasteiger partial charge in [0.25, 0.3) is 0 Å². The molecule has 0 bridgehead atoms. The van der Waals surface area contributed by atoms with E-state index in [2.05, 4.69) is 32.7 Å². The highest BCUT2D eigenvalue weighted by molar-refractivity contribution is 7.13. The molecule has 0 aliphatic carbocycles. The number of carbonyl (C=O) groups is 1. The standard InChI is InChI=1S/C13H21NO2S/c1-9(2)7-10(3)14(4)8-11-5-6-12(17-11)13(15)16/h5-6,9-10H,7-8H2,1-4H3,(H,15,16). The minimum atomic E-state index is -0.834. The molecule has 0 aliphatic heterocycles. The Kier molecular flexibility index (Phi) is 5.15. The van der Waals surface area contributed by atoms with Crippen molar-refractivity contribution in [1.82, 2.24) is 4.90 Å². The fourth-order valence-corrected chi connectivity index (χ4v) is 2.75. The summed E-state index contributed by atoms with van der Waals surface area (Å²) < 4.78 is 0. The van der Waals surface area contributed by atoms with Gasteiger partial charge in [0.1, 0.15) is 4.88 Å². The van der Waals surface area contributed by atoms with E-state index < -0.39 is 5.97 Å². The van der Waals surface area contributed by atoms with Gasteiger partial charge < -0.3 is 5.11 Å². The molecule has 1 aromatic rings. The number of rotatable bonds is 6. The van der Waals surface area contributed by atoms with E-state index in [9.17, 15) is 4.79 Å². The molecule has 0 spiro atoms. The van der Waals surface area contributed by atoms with Gasteiger partial charge in [-0.25, -0.2) is 4.79 Å². The first kappa shape index (κ1) is 14.2. The average molecular weight is 255 g/mol. The van der Waals surface area contributed by atoms with Gasteiger partial charge in [0.15, 0.2) is 0 Å². The lowest BCUT2D eigenvalue weighted by atomic mass is 10.0. The fourth-order valence-electron chi connectivity index (χ4n) is 1.84. The van der Waals surface area contributed by atoms with Gasteiger partial charge in [0.05, 0.1) is 0 Å². The van der Waals surface area contributed by atoms with Gasteiger partial charge in [-0.2, -0.15) is 0 Å². The van der Waals surface area contributed by atoms with Crippen molar-refractivity contribution in [3.63, 3.8) is 0 Å². The first-order valence-electron chi connectivity index (χ1n) is 5.92. The summed E-state index contributed by atoms with van der Waals surface area (Å²) in [5.41, 5.74) is 0. The molecule has 0 radical (unpaired) electrons. The molecular formula is C13H21NO2S. The average Bonchev–Trinajstić information content (AvgIpc) is 2.65. The Morgan fingerprint density at radius 3 is 2.53 bits per heavy atom. The topological polar surface area (TPSA) is 40.5 Å².